The van der Waals surface area contributed by atoms with Crippen LogP contribution in [0.25, 0.3) is 0 Å². The van der Waals surface area contributed by atoms with E-state index in [1.54, 1.807) is 6.07 Å². The fourth-order valence-electron chi connectivity index (χ4n) is 3.18. The quantitative estimate of drug-likeness (QED) is 0.836. The first kappa shape index (κ1) is 12.6. The number of rotatable bonds is 3. The summed E-state index contributed by atoms with van der Waals surface area (Å²) >= 11 is 0. The Bertz CT molecular complexity index is 394. The minimum absolute atomic E-state index is 0.0165. The second kappa shape index (κ2) is 4.77. The highest BCUT2D eigenvalue weighted by molar-refractivity contribution is 5.30. The molecule has 1 aliphatic carbocycles. The summed E-state index contributed by atoms with van der Waals surface area (Å²) in [5, 5.41) is 10.6. The van der Waals surface area contributed by atoms with E-state index in [9.17, 15) is 9.50 Å². The van der Waals surface area contributed by atoms with Gasteiger partial charge in [0.05, 0.1) is 6.10 Å². The van der Waals surface area contributed by atoms with Crippen LogP contribution in [0.1, 0.15) is 56.3 Å². The largest absolute Gasteiger partial charge is 0.388 e. The average Bonchev–Trinajstić information content (AvgIpc) is 2.78. The van der Waals surface area contributed by atoms with Crippen molar-refractivity contribution in [1.82, 2.24) is 0 Å². The number of aliphatic hydroxyl groups excluding tert-OH is 1. The molecule has 0 radical (unpaired) electrons. The average molecular weight is 236 g/mol. The fourth-order valence-corrected chi connectivity index (χ4v) is 3.18. The van der Waals surface area contributed by atoms with E-state index in [0.717, 1.165) is 30.4 Å². The molecule has 2 heteroatoms. The standard InChI is InChI=1S/C15H21FO/c1-3-15(8-4-5-9-15)14(17)13-7-6-12(16)10-11(13)2/h6-7,10,14,17H,3-5,8-9H2,1-2H3. The smallest absolute Gasteiger partial charge is 0.123 e. The highest BCUT2D eigenvalue weighted by Gasteiger charge is 2.40. The van der Waals surface area contributed by atoms with E-state index in [4.69, 9.17) is 0 Å². The molecule has 1 unspecified atom stereocenters. The first-order valence-electron chi connectivity index (χ1n) is 6.53. The number of benzene rings is 1. The van der Waals surface area contributed by atoms with Crippen molar-refractivity contribution >= 4 is 0 Å². The van der Waals surface area contributed by atoms with Crippen LogP contribution in [0.2, 0.25) is 0 Å². The monoisotopic (exact) mass is 236 g/mol. The molecule has 1 N–H and O–H groups in total. The van der Waals surface area contributed by atoms with Crippen LogP contribution in [-0.4, -0.2) is 5.11 Å². The predicted octanol–water partition coefficient (Wildman–Crippen LogP) is 4.14. The lowest BCUT2D eigenvalue weighted by Crippen LogP contribution is -2.25. The molecule has 17 heavy (non-hydrogen) atoms. The van der Waals surface area contributed by atoms with Gasteiger partial charge in [-0.25, -0.2) is 4.39 Å². The maximum absolute atomic E-state index is 13.1. The van der Waals surface area contributed by atoms with E-state index < -0.39 is 6.10 Å². The molecule has 1 fully saturated rings. The van der Waals surface area contributed by atoms with Crippen LogP contribution < -0.4 is 0 Å². The van der Waals surface area contributed by atoms with Crippen LogP contribution >= 0.6 is 0 Å². The van der Waals surface area contributed by atoms with Crippen molar-refractivity contribution in [2.24, 2.45) is 5.41 Å². The van der Waals surface area contributed by atoms with E-state index >= 15 is 0 Å². The molecule has 0 bridgehead atoms. The zero-order valence-electron chi connectivity index (χ0n) is 10.7. The van der Waals surface area contributed by atoms with Gasteiger partial charge in [0.1, 0.15) is 5.82 Å². The van der Waals surface area contributed by atoms with Crippen LogP contribution in [0.15, 0.2) is 18.2 Å². The lowest BCUT2D eigenvalue weighted by molar-refractivity contribution is 0.0232. The van der Waals surface area contributed by atoms with Crippen LogP contribution in [0.5, 0.6) is 0 Å². The molecule has 0 aromatic heterocycles. The molecule has 1 saturated carbocycles. The molecule has 1 atom stereocenters. The van der Waals surface area contributed by atoms with Gasteiger partial charge in [0.15, 0.2) is 0 Å². The molecule has 1 aromatic carbocycles. The van der Waals surface area contributed by atoms with Gasteiger partial charge in [0, 0.05) is 5.41 Å². The maximum Gasteiger partial charge on any atom is 0.123 e. The Morgan fingerprint density at radius 1 is 1.35 bits per heavy atom. The Morgan fingerprint density at radius 2 is 2.00 bits per heavy atom. The number of halogens is 1. The molecule has 0 spiro atoms. The SMILES string of the molecule is CCC1(C(O)c2ccc(F)cc2C)CCCC1. The topological polar surface area (TPSA) is 20.2 Å². The van der Waals surface area contributed by atoms with Crippen molar-refractivity contribution in [1.29, 1.82) is 0 Å². The summed E-state index contributed by atoms with van der Waals surface area (Å²) in [5.41, 5.74) is 1.77. The lowest BCUT2D eigenvalue weighted by atomic mass is 9.74. The highest BCUT2D eigenvalue weighted by Crippen LogP contribution is 2.50. The zero-order valence-corrected chi connectivity index (χ0v) is 10.7. The van der Waals surface area contributed by atoms with Crippen molar-refractivity contribution < 1.29 is 9.50 Å². The number of aryl methyl sites for hydroxylation is 1. The number of hydrogen-bond donors (Lipinski definition) is 1. The van der Waals surface area contributed by atoms with Crippen LogP contribution in [0.4, 0.5) is 4.39 Å². The summed E-state index contributed by atoms with van der Waals surface area (Å²) in [6, 6.07) is 4.70. The Balaban J connectivity index is 2.32. The molecule has 2 rings (SSSR count). The second-order valence-corrected chi connectivity index (χ2v) is 5.33. The van der Waals surface area contributed by atoms with Gasteiger partial charge in [-0.2, -0.15) is 0 Å². The molecule has 1 aromatic rings. The Hall–Kier alpha value is -0.890. The van der Waals surface area contributed by atoms with Crippen LogP contribution in [-0.2, 0) is 0 Å². The van der Waals surface area contributed by atoms with Crippen molar-refractivity contribution in [2.75, 3.05) is 0 Å². The van der Waals surface area contributed by atoms with Gasteiger partial charge in [-0.05, 0) is 49.4 Å². The minimum Gasteiger partial charge on any atom is -0.388 e. The van der Waals surface area contributed by atoms with E-state index in [1.165, 1.54) is 25.0 Å². The summed E-state index contributed by atoms with van der Waals surface area (Å²) in [7, 11) is 0. The first-order valence-corrected chi connectivity index (χ1v) is 6.53. The van der Waals surface area contributed by atoms with Crippen molar-refractivity contribution in [3.8, 4) is 0 Å². The summed E-state index contributed by atoms with van der Waals surface area (Å²) in [6.45, 7) is 4.02. The highest BCUT2D eigenvalue weighted by atomic mass is 19.1. The number of aliphatic hydroxyl groups is 1. The fraction of sp³-hybridized carbons (Fsp3) is 0.600. The third-order valence-corrected chi connectivity index (χ3v) is 4.41. The Morgan fingerprint density at radius 3 is 2.53 bits per heavy atom. The molecule has 1 nitrogen and oxygen atoms in total. The normalized spacial score (nSPS) is 20.5. The third-order valence-electron chi connectivity index (χ3n) is 4.41. The van der Waals surface area contributed by atoms with E-state index in [-0.39, 0.29) is 11.2 Å². The second-order valence-electron chi connectivity index (χ2n) is 5.33. The molecule has 0 saturated heterocycles. The van der Waals surface area contributed by atoms with Crippen molar-refractivity contribution in [2.45, 2.75) is 52.1 Å². The van der Waals surface area contributed by atoms with Crippen LogP contribution in [0.3, 0.4) is 0 Å². The Labute approximate surface area is 103 Å². The number of hydrogen-bond acceptors (Lipinski definition) is 1. The van der Waals surface area contributed by atoms with E-state index in [2.05, 4.69) is 6.92 Å². The van der Waals surface area contributed by atoms with Gasteiger partial charge in [-0.3, -0.25) is 0 Å². The van der Waals surface area contributed by atoms with Gasteiger partial charge >= 0.3 is 0 Å². The minimum atomic E-state index is -0.449. The molecule has 0 heterocycles. The molecule has 1 aliphatic rings. The van der Waals surface area contributed by atoms with Crippen molar-refractivity contribution in [3.05, 3.63) is 35.1 Å². The van der Waals surface area contributed by atoms with Crippen molar-refractivity contribution in [3.63, 3.8) is 0 Å². The van der Waals surface area contributed by atoms with E-state index in [1.807, 2.05) is 6.92 Å². The lowest BCUT2D eigenvalue weighted by Gasteiger charge is -2.34. The Kier molecular flexibility index (Phi) is 3.53. The van der Waals surface area contributed by atoms with Gasteiger partial charge in [0.2, 0.25) is 0 Å². The molecule has 0 amide bonds. The van der Waals surface area contributed by atoms with E-state index in [0.29, 0.717) is 0 Å². The van der Waals surface area contributed by atoms with Gasteiger partial charge in [-0.15, -0.1) is 0 Å². The van der Waals surface area contributed by atoms with Gasteiger partial charge < -0.3 is 5.11 Å². The van der Waals surface area contributed by atoms with Gasteiger partial charge in [0.25, 0.3) is 0 Å². The summed E-state index contributed by atoms with van der Waals surface area (Å²) in [6.07, 6.45) is 5.11. The predicted molar refractivity (Wildman–Crippen MR) is 67.3 cm³/mol. The summed E-state index contributed by atoms with van der Waals surface area (Å²) in [4.78, 5) is 0. The zero-order chi connectivity index (χ0) is 12.5. The molecular formula is C15H21FO. The van der Waals surface area contributed by atoms with Gasteiger partial charge in [-0.1, -0.05) is 25.8 Å². The molecule has 94 valence electrons. The maximum atomic E-state index is 13.1. The third kappa shape index (κ3) is 2.23. The van der Waals surface area contributed by atoms with Crippen LogP contribution in [0, 0.1) is 18.2 Å². The molecule has 0 aliphatic heterocycles. The first-order chi connectivity index (χ1) is 8.09. The molecular weight excluding hydrogens is 215 g/mol. The summed E-state index contributed by atoms with van der Waals surface area (Å²) in [5.74, 6) is -0.226. The summed E-state index contributed by atoms with van der Waals surface area (Å²) < 4.78 is 13.1.